The maximum absolute atomic E-state index is 12.7. The number of nitrogens with one attached hydrogen (secondary N) is 2. The minimum absolute atomic E-state index is 0.318. The highest BCUT2D eigenvalue weighted by Gasteiger charge is 2.31. The van der Waals surface area contributed by atoms with E-state index in [1.165, 1.54) is 16.7 Å². The molecule has 26 heavy (non-hydrogen) atoms. The van der Waals surface area contributed by atoms with Crippen LogP contribution in [0.5, 0.6) is 5.75 Å². The number of pyridine rings is 1. The van der Waals surface area contributed by atoms with Crippen LogP contribution in [0.4, 0.5) is 13.2 Å². The molecule has 0 unspecified atom stereocenters. The van der Waals surface area contributed by atoms with E-state index in [2.05, 4.69) is 19.9 Å². The lowest BCUT2D eigenvalue weighted by Crippen LogP contribution is -2.19. The molecule has 4 rings (SSSR count). The van der Waals surface area contributed by atoms with E-state index in [1.54, 1.807) is 30.9 Å². The molecular weight excluding hydrogens is 349 g/mol. The number of aromatic nitrogens is 4. The van der Waals surface area contributed by atoms with Gasteiger partial charge >= 0.3 is 6.36 Å². The lowest BCUT2D eigenvalue weighted by Gasteiger charge is -2.12. The molecule has 0 spiro atoms. The summed E-state index contributed by atoms with van der Waals surface area (Å²) in [6.45, 7) is 0. The Morgan fingerprint density at radius 2 is 1.88 bits per heavy atom. The van der Waals surface area contributed by atoms with Crippen LogP contribution in [0, 0.1) is 0 Å². The Morgan fingerprint density at radius 3 is 2.54 bits per heavy atom. The molecule has 0 aliphatic heterocycles. The second-order valence-electron chi connectivity index (χ2n) is 5.51. The van der Waals surface area contributed by atoms with Gasteiger partial charge in [0, 0.05) is 40.8 Å². The quantitative estimate of drug-likeness (QED) is 0.586. The highest BCUT2D eigenvalue weighted by Crippen LogP contribution is 2.27. The third-order valence-corrected chi connectivity index (χ3v) is 3.89. The number of nitrogens with zero attached hydrogens (tertiary/aromatic N) is 2. The summed E-state index contributed by atoms with van der Waals surface area (Å²) in [5, 5.41) is 7.36. The topological polar surface area (TPSA) is 75.7 Å². The number of hydrogen-bond acceptors (Lipinski definition) is 3. The van der Waals surface area contributed by atoms with Gasteiger partial charge in [0.15, 0.2) is 0 Å². The fraction of sp³-hybridized carbons (Fsp3) is 0.0588. The second-order valence-corrected chi connectivity index (χ2v) is 5.51. The van der Waals surface area contributed by atoms with Gasteiger partial charge < -0.3 is 9.72 Å². The first-order valence-corrected chi connectivity index (χ1v) is 7.50. The van der Waals surface area contributed by atoms with Gasteiger partial charge in [-0.2, -0.15) is 5.10 Å². The molecule has 0 radical (unpaired) electrons. The van der Waals surface area contributed by atoms with E-state index in [1.807, 2.05) is 0 Å². The summed E-state index contributed by atoms with van der Waals surface area (Å²) in [6, 6.07) is 6.87. The number of ether oxygens (including phenoxy) is 1. The number of rotatable bonds is 3. The minimum Gasteiger partial charge on any atom is -0.406 e. The SMILES string of the molecule is O=c1c2[nH]ccc2c(-c2cn[nH]c2)cn1-c1ccc(OC(F)(F)F)cc1. The molecule has 2 N–H and O–H groups in total. The van der Waals surface area contributed by atoms with Crippen molar-refractivity contribution in [2.24, 2.45) is 0 Å². The summed E-state index contributed by atoms with van der Waals surface area (Å²) in [7, 11) is 0. The average Bonchev–Trinajstić information content (AvgIpc) is 3.27. The maximum Gasteiger partial charge on any atom is 0.573 e. The van der Waals surface area contributed by atoms with Crippen molar-refractivity contribution in [2.45, 2.75) is 6.36 Å². The Morgan fingerprint density at radius 1 is 1.12 bits per heavy atom. The molecule has 3 aromatic heterocycles. The van der Waals surface area contributed by atoms with E-state index in [-0.39, 0.29) is 11.3 Å². The van der Waals surface area contributed by atoms with Crippen molar-refractivity contribution < 1.29 is 17.9 Å². The number of halogens is 3. The van der Waals surface area contributed by atoms with Crippen molar-refractivity contribution in [3.8, 4) is 22.6 Å². The van der Waals surface area contributed by atoms with Crippen LogP contribution in [0.3, 0.4) is 0 Å². The first-order valence-electron chi connectivity index (χ1n) is 7.50. The predicted octanol–water partition coefficient (Wildman–Crippen LogP) is 3.61. The van der Waals surface area contributed by atoms with Gasteiger partial charge in [-0.1, -0.05) is 0 Å². The number of aromatic amines is 2. The third kappa shape index (κ3) is 2.83. The van der Waals surface area contributed by atoms with Crippen molar-refractivity contribution in [1.82, 2.24) is 19.7 Å². The largest absolute Gasteiger partial charge is 0.573 e. The van der Waals surface area contributed by atoms with E-state index in [0.717, 1.165) is 28.6 Å². The van der Waals surface area contributed by atoms with Crippen molar-refractivity contribution >= 4 is 10.9 Å². The lowest BCUT2D eigenvalue weighted by molar-refractivity contribution is -0.274. The molecule has 132 valence electrons. The molecule has 6 nitrogen and oxygen atoms in total. The van der Waals surface area contributed by atoms with Gasteiger partial charge in [-0.05, 0) is 30.3 Å². The number of benzene rings is 1. The monoisotopic (exact) mass is 360 g/mol. The minimum atomic E-state index is -4.77. The Bertz CT molecular complexity index is 1110. The zero-order valence-corrected chi connectivity index (χ0v) is 13.0. The van der Waals surface area contributed by atoms with Crippen LogP contribution in [0.2, 0.25) is 0 Å². The summed E-state index contributed by atoms with van der Waals surface area (Å²) in [5.41, 5.74) is 2.01. The Balaban J connectivity index is 1.84. The van der Waals surface area contributed by atoms with Gasteiger partial charge in [-0.3, -0.25) is 14.5 Å². The van der Waals surface area contributed by atoms with E-state index in [9.17, 15) is 18.0 Å². The van der Waals surface area contributed by atoms with Crippen molar-refractivity contribution in [3.05, 3.63) is 65.5 Å². The van der Waals surface area contributed by atoms with Gasteiger partial charge in [0.05, 0.1) is 6.20 Å². The van der Waals surface area contributed by atoms with Crippen molar-refractivity contribution in [3.63, 3.8) is 0 Å². The highest BCUT2D eigenvalue weighted by atomic mass is 19.4. The number of alkyl halides is 3. The zero-order chi connectivity index (χ0) is 18.3. The van der Waals surface area contributed by atoms with Gasteiger partial charge in [-0.25, -0.2) is 0 Å². The molecule has 0 amide bonds. The zero-order valence-electron chi connectivity index (χ0n) is 13.0. The average molecular weight is 360 g/mol. The van der Waals surface area contributed by atoms with Gasteiger partial charge in [-0.15, -0.1) is 13.2 Å². The summed E-state index contributed by atoms with van der Waals surface area (Å²) in [4.78, 5) is 15.6. The molecule has 0 aliphatic carbocycles. The van der Waals surface area contributed by atoms with Crippen LogP contribution < -0.4 is 10.3 Å². The van der Waals surface area contributed by atoms with Crippen molar-refractivity contribution in [1.29, 1.82) is 0 Å². The summed E-state index contributed by atoms with van der Waals surface area (Å²) >= 11 is 0. The second kappa shape index (κ2) is 5.80. The van der Waals surface area contributed by atoms with Crippen molar-refractivity contribution in [2.75, 3.05) is 0 Å². The molecule has 0 aliphatic rings. The lowest BCUT2D eigenvalue weighted by atomic mass is 10.1. The Hall–Kier alpha value is -3.49. The highest BCUT2D eigenvalue weighted by molar-refractivity contribution is 5.94. The molecule has 4 aromatic rings. The molecule has 0 atom stereocenters. The summed E-state index contributed by atoms with van der Waals surface area (Å²) in [6.07, 6.45) is 1.83. The first-order chi connectivity index (χ1) is 12.4. The molecule has 0 fully saturated rings. The first kappa shape index (κ1) is 16.0. The predicted molar refractivity (Wildman–Crippen MR) is 88.2 cm³/mol. The number of hydrogen-bond donors (Lipinski definition) is 2. The third-order valence-electron chi connectivity index (χ3n) is 3.89. The maximum atomic E-state index is 12.7. The molecule has 0 saturated heterocycles. The van der Waals surface area contributed by atoms with E-state index in [0.29, 0.717) is 11.2 Å². The number of H-pyrrole nitrogens is 2. The van der Waals surface area contributed by atoms with E-state index < -0.39 is 6.36 Å². The molecular formula is C17H11F3N4O2. The molecule has 0 bridgehead atoms. The smallest absolute Gasteiger partial charge is 0.406 e. The number of fused-ring (bicyclic) bond motifs is 1. The summed E-state index contributed by atoms with van der Waals surface area (Å²) < 4.78 is 42.1. The standard InChI is InChI=1S/C17H11F3N4O2/c18-17(19,20)26-12-3-1-11(2-4-12)24-9-14(10-7-22-23-8-10)13-5-6-21-15(13)16(24)25/h1-9,21H,(H,22,23). The van der Waals surface area contributed by atoms with Crippen LogP contribution in [-0.4, -0.2) is 26.1 Å². The normalized spacial score (nSPS) is 11.8. The fourth-order valence-corrected chi connectivity index (χ4v) is 2.78. The van der Waals surface area contributed by atoms with Crippen LogP contribution in [-0.2, 0) is 0 Å². The van der Waals surface area contributed by atoms with Crippen LogP contribution in [0.1, 0.15) is 0 Å². The molecule has 3 heterocycles. The van der Waals surface area contributed by atoms with Crippen LogP contribution >= 0.6 is 0 Å². The molecule has 9 heteroatoms. The van der Waals surface area contributed by atoms with E-state index in [4.69, 9.17) is 0 Å². The Kier molecular flexibility index (Phi) is 3.57. The van der Waals surface area contributed by atoms with Crippen LogP contribution in [0.25, 0.3) is 27.7 Å². The van der Waals surface area contributed by atoms with Gasteiger partial charge in [0.1, 0.15) is 11.3 Å². The van der Waals surface area contributed by atoms with Gasteiger partial charge in [0.25, 0.3) is 5.56 Å². The Labute approximate surface area is 143 Å². The summed E-state index contributed by atoms with van der Waals surface area (Å²) in [5.74, 6) is -0.356. The van der Waals surface area contributed by atoms with E-state index >= 15 is 0 Å². The molecule has 0 saturated carbocycles. The van der Waals surface area contributed by atoms with Gasteiger partial charge in [0.2, 0.25) is 0 Å². The molecule has 1 aromatic carbocycles. The van der Waals surface area contributed by atoms with Crippen LogP contribution in [0.15, 0.2) is 59.9 Å². The fourth-order valence-electron chi connectivity index (χ4n) is 2.78.